The standard InChI is InChI=1S/C57H92NO12P/c1-35(2)34-71(14,65)70-49-26-24-45(31-52(49)67-13)30-40(7)51-33-48(59)39(6)29-41(8)53(60)44(11)43(10)38(5)28-36(3)20-16-15-17-21-37(4)50(66-12)32-46-25-23-42(9)57(64,69-46)54(61)55(62)58-27-19-18-22-47(58)56(63)68-51/h15-17,20-21,29,35-36,38-40,42,44-47,49-53,60,64H,10,18-19,22-28,30-34H2,1-9,11-14H3/b17-15+,20-16+,37-21+,41-29+/t36-,38-,39-,40-,42-,44+,45+,46+,47+,49-,50+,51+,52-,53-,57-,71?/m1/s1. The average Bonchev–Trinajstić information content (AvgIpc) is 3.31. The number of hydrogen-bond acceptors (Lipinski definition) is 12. The van der Waals surface area contributed by atoms with Crippen LogP contribution >= 0.6 is 7.37 Å². The Kier molecular flexibility index (Phi) is 23.4. The van der Waals surface area contributed by atoms with E-state index in [9.17, 15) is 34.0 Å². The number of carbonyl (C=O) groups excluding carboxylic acids is 4. The number of aliphatic hydroxyl groups is 2. The second kappa shape index (κ2) is 27.5. The molecule has 3 heterocycles. The molecule has 0 radical (unpaired) electrons. The van der Waals surface area contributed by atoms with Crippen molar-refractivity contribution in [3.63, 3.8) is 0 Å². The zero-order chi connectivity index (χ0) is 53.0. The number of fused-ring (bicyclic) bond motifs is 3. The lowest BCUT2D eigenvalue weighted by Gasteiger charge is -2.42. The smallest absolute Gasteiger partial charge is 0.329 e. The molecular weight excluding hydrogens is 922 g/mol. The highest BCUT2D eigenvalue weighted by atomic mass is 31.2. The van der Waals surface area contributed by atoms with Crippen LogP contribution < -0.4 is 0 Å². The summed E-state index contributed by atoms with van der Waals surface area (Å²) in [5.41, 5.74) is 2.50. The van der Waals surface area contributed by atoms with Gasteiger partial charge in [-0.3, -0.25) is 18.9 Å². The number of nitrogens with zero attached hydrogens (tertiary/aromatic N) is 1. The number of aliphatic hydroxyl groups excluding tert-OH is 1. The van der Waals surface area contributed by atoms with Gasteiger partial charge in [0.15, 0.2) is 0 Å². The van der Waals surface area contributed by atoms with Crippen LogP contribution in [0.1, 0.15) is 146 Å². The van der Waals surface area contributed by atoms with E-state index in [1.165, 1.54) is 4.90 Å². The van der Waals surface area contributed by atoms with Gasteiger partial charge in [0.1, 0.15) is 17.9 Å². The highest BCUT2D eigenvalue weighted by Gasteiger charge is 2.53. The maximum atomic E-state index is 14.6. The molecule has 3 fully saturated rings. The number of cyclic esters (lactones) is 1. The van der Waals surface area contributed by atoms with Crippen molar-refractivity contribution in [2.75, 3.05) is 33.6 Å². The van der Waals surface area contributed by atoms with Crippen LogP contribution in [0.25, 0.3) is 0 Å². The second-order valence-electron chi connectivity index (χ2n) is 22.6. The van der Waals surface area contributed by atoms with Crippen LogP contribution in [0.15, 0.2) is 59.8 Å². The lowest BCUT2D eigenvalue weighted by atomic mass is 9.78. The van der Waals surface area contributed by atoms with Gasteiger partial charge in [-0.05, 0) is 119 Å². The molecule has 4 aliphatic rings. The number of ether oxygens (including phenoxy) is 4. The summed E-state index contributed by atoms with van der Waals surface area (Å²) in [7, 11) is 0.390. The van der Waals surface area contributed by atoms with E-state index in [1.807, 2.05) is 65.8 Å². The minimum atomic E-state index is -2.85. The van der Waals surface area contributed by atoms with E-state index in [-0.39, 0.29) is 79.0 Å². The van der Waals surface area contributed by atoms with Crippen LogP contribution in [0.2, 0.25) is 0 Å². The summed E-state index contributed by atoms with van der Waals surface area (Å²) >= 11 is 0. The van der Waals surface area contributed by atoms with Crippen LogP contribution in [0.4, 0.5) is 0 Å². The minimum Gasteiger partial charge on any atom is -0.460 e. The maximum Gasteiger partial charge on any atom is 0.329 e. The minimum absolute atomic E-state index is 0.105. The summed E-state index contributed by atoms with van der Waals surface area (Å²) in [5.74, 6) is -6.67. The number of hydrogen-bond donors (Lipinski definition) is 2. The molecule has 0 aromatic carbocycles. The van der Waals surface area contributed by atoms with E-state index in [0.717, 1.165) is 24.0 Å². The molecule has 3 aliphatic heterocycles. The van der Waals surface area contributed by atoms with Gasteiger partial charge in [-0.15, -0.1) is 0 Å². The first-order valence-electron chi connectivity index (χ1n) is 26.7. The molecule has 2 saturated heterocycles. The predicted molar refractivity (Wildman–Crippen MR) is 280 cm³/mol. The van der Waals surface area contributed by atoms with Gasteiger partial charge >= 0.3 is 5.97 Å². The molecule has 14 heteroatoms. The number of methoxy groups -OCH3 is 2. The molecule has 402 valence electrons. The summed E-state index contributed by atoms with van der Waals surface area (Å²) in [6, 6.07) is -1.12. The van der Waals surface area contributed by atoms with Crippen molar-refractivity contribution in [1.82, 2.24) is 4.90 Å². The van der Waals surface area contributed by atoms with Crippen molar-refractivity contribution in [2.24, 2.45) is 47.3 Å². The Bertz CT molecular complexity index is 1990. The number of piperidine rings is 1. The van der Waals surface area contributed by atoms with Gasteiger partial charge in [0.05, 0.1) is 30.5 Å². The average molecular weight is 1010 g/mol. The molecule has 0 spiro atoms. The lowest BCUT2D eigenvalue weighted by Crippen LogP contribution is -2.61. The van der Waals surface area contributed by atoms with E-state index in [0.29, 0.717) is 63.1 Å². The molecule has 71 heavy (non-hydrogen) atoms. The third-order valence-corrected chi connectivity index (χ3v) is 18.0. The largest absolute Gasteiger partial charge is 0.460 e. The molecule has 2 N–H and O–H groups in total. The van der Waals surface area contributed by atoms with Crippen LogP contribution in [-0.4, -0.2) is 121 Å². The Morgan fingerprint density at radius 1 is 0.887 bits per heavy atom. The van der Waals surface area contributed by atoms with Gasteiger partial charge in [0.2, 0.25) is 13.2 Å². The fourth-order valence-electron chi connectivity index (χ4n) is 11.4. The normalized spacial score (nSPS) is 39.0. The van der Waals surface area contributed by atoms with Crippen molar-refractivity contribution in [1.29, 1.82) is 0 Å². The Hall–Kier alpha value is -3.03. The fraction of sp³-hybridized carbons (Fsp3) is 0.754. The van der Waals surface area contributed by atoms with Crippen LogP contribution in [0.5, 0.6) is 0 Å². The van der Waals surface area contributed by atoms with Crippen molar-refractivity contribution >= 4 is 30.8 Å². The molecule has 1 saturated carbocycles. The van der Waals surface area contributed by atoms with Crippen LogP contribution in [0, 0.1) is 47.3 Å². The molecule has 4 rings (SSSR count). The number of allylic oxidation sites excluding steroid dienone is 6. The van der Waals surface area contributed by atoms with Crippen LogP contribution in [0.3, 0.4) is 0 Å². The summed E-state index contributed by atoms with van der Waals surface area (Å²) < 4.78 is 44.0. The third kappa shape index (κ3) is 17.0. The van der Waals surface area contributed by atoms with E-state index in [1.54, 1.807) is 40.8 Å². The van der Waals surface area contributed by atoms with Crippen molar-refractivity contribution in [3.8, 4) is 0 Å². The Balaban J connectivity index is 1.68. The molecule has 1 aliphatic carbocycles. The first-order valence-corrected chi connectivity index (χ1v) is 28.9. The summed E-state index contributed by atoms with van der Waals surface area (Å²) in [6.07, 6.45) is 15.0. The van der Waals surface area contributed by atoms with Gasteiger partial charge < -0.3 is 38.6 Å². The molecule has 0 aromatic heterocycles. The van der Waals surface area contributed by atoms with Gasteiger partial charge in [-0.25, -0.2) is 4.79 Å². The monoisotopic (exact) mass is 1010 g/mol. The first kappa shape index (κ1) is 60.5. The van der Waals surface area contributed by atoms with Gasteiger partial charge in [-0.1, -0.05) is 104 Å². The molecule has 0 aromatic rings. The second-order valence-corrected chi connectivity index (χ2v) is 25.2. The van der Waals surface area contributed by atoms with E-state index in [4.69, 9.17) is 23.5 Å². The summed E-state index contributed by atoms with van der Waals surface area (Å²) in [4.78, 5) is 58.8. The Morgan fingerprint density at radius 2 is 1.59 bits per heavy atom. The molecule has 2 bridgehead atoms. The predicted octanol–water partition coefficient (Wildman–Crippen LogP) is 10.4. The quantitative estimate of drug-likeness (QED) is 0.0969. The highest BCUT2D eigenvalue weighted by molar-refractivity contribution is 7.58. The van der Waals surface area contributed by atoms with E-state index in [2.05, 4.69) is 26.5 Å². The van der Waals surface area contributed by atoms with Gasteiger partial charge in [0, 0.05) is 64.2 Å². The summed E-state index contributed by atoms with van der Waals surface area (Å²) in [6.45, 7) is 25.7. The van der Waals surface area contributed by atoms with Crippen molar-refractivity contribution < 1.29 is 57.4 Å². The number of rotatable bonds is 9. The van der Waals surface area contributed by atoms with Gasteiger partial charge in [0.25, 0.3) is 11.7 Å². The number of esters is 1. The van der Waals surface area contributed by atoms with Crippen molar-refractivity contribution in [2.45, 2.75) is 195 Å². The highest BCUT2D eigenvalue weighted by Crippen LogP contribution is 2.49. The molecule has 13 nitrogen and oxygen atoms in total. The number of amides is 1. The third-order valence-electron chi connectivity index (χ3n) is 15.9. The fourth-order valence-corrected chi connectivity index (χ4v) is 13.6. The zero-order valence-corrected chi connectivity index (χ0v) is 46.5. The maximum absolute atomic E-state index is 14.6. The molecule has 16 atom stereocenters. The SMILES string of the molecule is C=C1[C@H](C)C[C@H](C)/C=C/C=C/C=C(\C)[C@@H](OC)C[C@@H]2CC[C@@H](C)[C@@](O)(O2)C(=O)C(=O)N2CCCC[C@H]2C(=O)O[C@H]([C@H](C)C[C@@H]2CC[C@@H](OP(C)(=O)CC(C)C)[C@H](OC)C2)CC(=O)[C@H](C)/C=C(\C)[C@@H](O)[C@H]1C. The Morgan fingerprint density at radius 3 is 2.25 bits per heavy atom. The summed E-state index contributed by atoms with van der Waals surface area (Å²) in [5, 5.41) is 23.6. The number of Topliss-reactive ketones (excluding diaryl/α,β-unsaturated/α-hetero) is 2. The van der Waals surface area contributed by atoms with E-state index < -0.39 is 67.0 Å². The molecule has 1 amide bonds. The Labute approximate surface area is 427 Å². The topological polar surface area (TPSA) is 175 Å². The lowest BCUT2D eigenvalue weighted by molar-refractivity contribution is -0.265. The number of ketones is 2. The van der Waals surface area contributed by atoms with Crippen LogP contribution in [-0.2, 0) is 47.2 Å². The van der Waals surface area contributed by atoms with Gasteiger partial charge in [-0.2, -0.15) is 0 Å². The van der Waals surface area contributed by atoms with Crippen molar-refractivity contribution in [3.05, 3.63) is 59.8 Å². The zero-order valence-electron chi connectivity index (χ0n) is 45.6. The van der Waals surface area contributed by atoms with E-state index >= 15 is 0 Å². The molecular formula is C57H92NO12P. The first-order chi connectivity index (χ1) is 33.3. The number of carbonyl (C=O) groups is 4. The molecule has 1 unspecified atom stereocenters.